The van der Waals surface area contributed by atoms with E-state index in [0.29, 0.717) is 11.6 Å². The van der Waals surface area contributed by atoms with Crippen LogP contribution in [-0.2, 0) is 11.3 Å². The lowest BCUT2D eigenvalue weighted by atomic mass is 9.82. The molecule has 1 amide bonds. The standard InChI is InChI=1S/C19H26ClN3O/c1-18(2,3)13-19(4,5)23-12-15(10-21)17(24)22-11-14-6-8-16(20)9-7-14/h6-9,12,23H,11,13H2,1-5H3,(H,22,24)/b15-12-. The van der Waals surface area contributed by atoms with Crippen LogP contribution in [0.3, 0.4) is 0 Å². The van der Waals surface area contributed by atoms with Crippen molar-refractivity contribution in [3.8, 4) is 6.07 Å². The lowest BCUT2D eigenvalue weighted by molar-refractivity contribution is -0.117. The molecule has 0 unspecified atom stereocenters. The molecule has 1 rings (SSSR count). The maximum atomic E-state index is 12.1. The predicted molar refractivity (Wildman–Crippen MR) is 98.3 cm³/mol. The molecule has 1 aromatic carbocycles. The Morgan fingerprint density at radius 2 is 1.79 bits per heavy atom. The molecule has 0 aliphatic rings. The summed E-state index contributed by atoms with van der Waals surface area (Å²) in [6, 6.07) is 9.15. The second kappa shape index (κ2) is 8.21. The van der Waals surface area contributed by atoms with Gasteiger partial charge in [0, 0.05) is 23.3 Å². The maximum absolute atomic E-state index is 12.1. The van der Waals surface area contributed by atoms with Gasteiger partial charge in [-0.25, -0.2) is 0 Å². The summed E-state index contributed by atoms with van der Waals surface area (Å²) in [7, 11) is 0. The first-order valence-corrected chi connectivity index (χ1v) is 8.31. The summed E-state index contributed by atoms with van der Waals surface area (Å²) in [5.74, 6) is -0.397. The van der Waals surface area contributed by atoms with E-state index < -0.39 is 5.91 Å². The molecule has 0 bridgehead atoms. The largest absolute Gasteiger partial charge is 0.385 e. The van der Waals surface area contributed by atoms with E-state index in [1.807, 2.05) is 18.2 Å². The molecule has 130 valence electrons. The fourth-order valence-electron chi connectivity index (χ4n) is 2.67. The van der Waals surface area contributed by atoms with Crippen LogP contribution in [0.4, 0.5) is 0 Å². The molecule has 0 aromatic heterocycles. The van der Waals surface area contributed by atoms with Gasteiger partial charge < -0.3 is 10.6 Å². The summed E-state index contributed by atoms with van der Waals surface area (Å²) >= 11 is 5.83. The molecule has 5 heteroatoms. The highest BCUT2D eigenvalue weighted by molar-refractivity contribution is 6.30. The molecule has 0 saturated heterocycles. The SMILES string of the molecule is CC(C)(C)CC(C)(C)N/C=C(/C#N)C(=O)NCc1ccc(Cl)cc1. The minimum atomic E-state index is -0.397. The van der Waals surface area contributed by atoms with Gasteiger partial charge in [0.15, 0.2) is 0 Å². The third-order valence-electron chi connectivity index (χ3n) is 3.31. The van der Waals surface area contributed by atoms with Gasteiger partial charge in [0.1, 0.15) is 11.6 Å². The number of nitrogens with one attached hydrogen (secondary N) is 2. The van der Waals surface area contributed by atoms with Crippen LogP contribution in [0.1, 0.15) is 46.6 Å². The molecule has 2 N–H and O–H groups in total. The highest BCUT2D eigenvalue weighted by atomic mass is 35.5. The van der Waals surface area contributed by atoms with E-state index in [2.05, 4.69) is 45.3 Å². The smallest absolute Gasteiger partial charge is 0.263 e. The zero-order valence-corrected chi connectivity index (χ0v) is 15.8. The zero-order chi connectivity index (χ0) is 18.4. The summed E-state index contributed by atoms with van der Waals surface area (Å²) in [6.45, 7) is 10.9. The summed E-state index contributed by atoms with van der Waals surface area (Å²) in [4.78, 5) is 12.1. The maximum Gasteiger partial charge on any atom is 0.263 e. The second-order valence-electron chi connectivity index (χ2n) is 7.74. The van der Waals surface area contributed by atoms with Crippen molar-refractivity contribution in [1.82, 2.24) is 10.6 Å². The van der Waals surface area contributed by atoms with Crippen molar-refractivity contribution in [3.05, 3.63) is 46.6 Å². The predicted octanol–water partition coefficient (Wildman–Crippen LogP) is 4.17. The topological polar surface area (TPSA) is 64.9 Å². The van der Waals surface area contributed by atoms with Gasteiger partial charge in [0.25, 0.3) is 5.91 Å². The van der Waals surface area contributed by atoms with Crippen molar-refractivity contribution in [1.29, 1.82) is 5.26 Å². The molecule has 0 aliphatic carbocycles. The van der Waals surface area contributed by atoms with Gasteiger partial charge in [0.2, 0.25) is 0 Å². The van der Waals surface area contributed by atoms with Crippen LogP contribution in [0.5, 0.6) is 0 Å². The first kappa shape index (κ1) is 20.1. The Morgan fingerprint density at radius 3 is 2.29 bits per heavy atom. The number of nitrogens with zero attached hydrogens (tertiary/aromatic N) is 1. The Hall–Kier alpha value is -1.99. The lowest BCUT2D eigenvalue weighted by Crippen LogP contribution is -2.40. The Bertz CT molecular complexity index is 634. The van der Waals surface area contributed by atoms with E-state index in [-0.39, 0.29) is 16.5 Å². The average Bonchev–Trinajstić information content (AvgIpc) is 2.44. The third-order valence-corrected chi connectivity index (χ3v) is 3.56. The van der Waals surface area contributed by atoms with Gasteiger partial charge in [-0.1, -0.05) is 44.5 Å². The molecule has 24 heavy (non-hydrogen) atoms. The van der Waals surface area contributed by atoms with Crippen molar-refractivity contribution in [2.75, 3.05) is 0 Å². The van der Waals surface area contributed by atoms with Gasteiger partial charge in [-0.2, -0.15) is 5.26 Å². The van der Waals surface area contributed by atoms with Gasteiger partial charge in [-0.15, -0.1) is 0 Å². The monoisotopic (exact) mass is 347 g/mol. The minimum Gasteiger partial charge on any atom is -0.385 e. The molecular formula is C19H26ClN3O. The molecule has 0 heterocycles. The number of amides is 1. The molecule has 0 saturated carbocycles. The Balaban J connectivity index is 2.65. The number of halogens is 1. The molecule has 0 radical (unpaired) electrons. The van der Waals surface area contributed by atoms with Crippen LogP contribution in [0.25, 0.3) is 0 Å². The van der Waals surface area contributed by atoms with Crippen molar-refractivity contribution >= 4 is 17.5 Å². The quantitative estimate of drug-likeness (QED) is 0.599. The van der Waals surface area contributed by atoms with Crippen molar-refractivity contribution in [2.45, 2.75) is 53.1 Å². The van der Waals surface area contributed by atoms with E-state index in [1.54, 1.807) is 12.1 Å². The van der Waals surface area contributed by atoms with Gasteiger partial charge in [-0.05, 0) is 43.4 Å². The van der Waals surface area contributed by atoms with E-state index in [9.17, 15) is 10.1 Å². The molecular weight excluding hydrogens is 322 g/mol. The summed E-state index contributed by atoms with van der Waals surface area (Å²) in [5.41, 5.74) is 0.919. The lowest BCUT2D eigenvalue weighted by Gasteiger charge is -2.33. The zero-order valence-electron chi connectivity index (χ0n) is 15.0. The Labute approximate surface area is 149 Å². The highest BCUT2D eigenvalue weighted by Gasteiger charge is 2.24. The van der Waals surface area contributed by atoms with Crippen LogP contribution in [0, 0.1) is 16.7 Å². The van der Waals surface area contributed by atoms with Crippen LogP contribution in [-0.4, -0.2) is 11.4 Å². The molecule has 0 atom stereocenters. The highest BCUT2D eigenvalue weighted by Crippen LogP contribution is 2.26. The van der Waals surface area contributed by atoms with Crippen molar-refractivity contribution < 1.29 is 4.79 Å². The fraction of sp³-hybridized carbons (Fsp3) is 0.474. The number of hydrogen-bond acceptors (Lipinski definition) is 3. The molecule has 0 spiro atoms. The number of hydrogen-bond donors (Lipinski definition) is 2. The first-order valence-electron chi connectivity index (χ1n) is 7.93. The minimum absolute atomic E-state index is 0.0611. The van der Waals surface area contributed by atoms with Gasteiger partial charge >= 0.3 is 0 Å². The number of carbonyl (C=O) groups excluding carboxylic acids is 1. The van der Waals surface area contributed by atoms with Crippen LogP contribution >= 0.6 is 11.6 Å². The molecule has 0 fully saturated rings. The van der Waals surface area contributed by atoms with Crippen LogP contribution < -0.4 is 10.6 Å². The molecule has 0 aliphatic heterocycles. The number of benzene rings is 1. The van der Waals surface area contributed by atoms with Gasteiger partial charge in [-0.3, -0.25) is 4.79 Å². The third kappa shape index (κ3) is 7.52. The van der Waals surface area contributed by atoms with Crippen LogP contribution in [0.2, 0.25) is 5.02 Å². The molecule has 4 nitrogen and oxygen atoms in total. The summed E-state index contributed by atoms with van der Waals surface area (Å²) in [5, 5.41) is 15.8. The van der Waals surface area contributed by atoms with E-state index >= 15 is 0 Å². The summed E-state index contributed by atoms with van der Waals surface area (Å²) < 4.78 is 0. The fourth-order valence-corrected chi connectivity index (χ4v) is 2.80. The normalized spacial score (nSPS) is 12.5. The second-order valence-corrected chi connectivity index (χ2v) is 8.18. The first-order chi connectivity index (χ1) is 11.0. The average molecular weight is 348 g/mol. The van der Waals surface area contributed by atoms with Crippen molar-refractivity contribution in [3.63, 3.8) is 0 Å². The number of rotatable bonds is 6. The van der Waals surface area contributed by atoms with E-state index in [1.165, 1.54) is 6.20 Å². The molecule has 1 aromatic rings. The Kier molecular flexibility index (Phi) is 6.86. The van der Waals surface area contributed by atoms with Crippen LogP contribution in [0.15, 0.2) is 36.0 Å². The van der Waals surface area contributed by atoms with Gasteiger partial charge in [0.05, 0.1) is 0 Å². The van der Waals surface area contributed by atoms with E-state index in [0.717, 1.165) is 12.0 Å². The van der Waals surface area contributed by atoms with E-state index in [4.69, 9.17) is 11.6 Å². The Morgan fingerprint density at radius 1 is 1.21 bits per heavy atom. The number of carbonyl (C=O) groups is 1. The summed E-state index contributed by atoms with van der Waals surface area (Å²) in [6.07, 6.45) is 2.41. The van der Waals surface area contributed by atoms with Crippen molar-refractivity contribution in [2.24, 2.45) is 5.41 Å². The number of nitriles is 1.